The second kappa shape index (κ2) is 20.5. The summed E-state index contributed by atoms with van der Waals surface area (Å²) in [6, 6.07) is 116. The highest BCUT2D eigenvalue weighted by Crippen LogP contribution is 2.50. The van der Waals surface area contributed by atoms with E-state index in [-0.39, 0.29) is 6.71 Å². The van der Waals surface area contributed by atoms with E-state index in [1.54, 1.807) is 0 Å². The molecule has 0 fully saturated rings. The number of rotatable bonds is 9. The Morgan fingerprint density at radius 3 is 0.933 bits per heavy atom. The largest absolute Gasteiger partial charge is 0.311 e. The summed E-state index contributed by atoms with van der Waals surface area (Å²) in [7, 11) is 0. The van der Waals surface area contributed by atoms with Crippen LogP contribution in [0.1, 0.15) is 0 Å². The molecule has 89 heavy (non-hydrogen) atoms. The number of nitrogens with zero attached hydrogens (tertiary/aromatic N) is 5. The van der Waals surface area contributed by atoms with Crippen LogP contribution in [-0.4, -0.2) is 20.8 Å². The van der Waals surface area contributed by atoms with Gasteiger partial charge in [-0.15, -0.1) is 0 Å². The molecule has 16 aromatic rings. The topological polar surface area (TPSA) is 29.2 Å². The van der Waals surface area contributed by atoms with Gasteiger partial charge in [-0.3, -0.25) is 4.98 Å². The fourth-order valence-corrected chi connectivity index (χ4v) is 14.7. The van der Waals surface area contributed by atoms with E-state index in [9.17, 15) is 0 Å². The van der Waals surface area contributed by atoms with Gasteiger partial charge < -0.3 is 18.9 Å². The molecule has 0 amide bonds. The maximum absolute atomic E-state index is 5.06. The van der Waals surface area contributed by atoms with Crippen LogP contribution >= 0.6 is 0 Å². The Bertz CT molecular complexity index is 4990. The monoisotopic (exact) mass is 1130 g/mol. The van der Waals surface area contributed by atoms with E-state index in [1.165, 1.54) is 71.1 Å². The van der Waals surface area contributed by atoms with Gasteiger partial charge in [0.2, 0.25) is 0 Å². The van der Waals surface area contributed by atoms with Crippen molar-refractivity contribution in [2.24, 2.45) is 0 Å². The molecule has 0 saturated carbocycles. The molecule has 0 bridgehead atoms. The standard InChI is InChI=1S/C83H54BN5/c1-5-21-55(22-6-1)57-37-41-62(42-38-57)86-78-51-64(88-74-33-17-13-29-66(74)67-30-14-18-34-75(67)88)45-47-72(78)84-73-48-46-65(89-76-35-19-15-31-68(76)69-32-16-20-36-77(69)89)52-79(73)87(63-43-39-58(40-44-63)56-23-7-2-8-24-56)81-50-61(49-80(86)83(81)84)82-70(59-25-9-3-10-26-59)53-85-54-71(82)60-27-11-4-12-28-60/h1-54H. The normalized spacial score (nSPS) is 12.4. The van der Waals surface area contributed by atoms with E-state index < -0.39 is 0 Å². The Morgan fingerprint density at radius 1 is 0.247 bits per heavy atom. The lowest BCUT2D eigenvalue weighted by Crippen LogP contribution is -2.61. The molecule has 414 valence electrons. The molecule has 18 rings (SSSR count). The molecule has 13 aromatic carbocycles. The Hall–Kier alpha value is -11.7. The third-order valence-corrected chi connectivity index (χ3v) is 18.6. The lowest BCUT2D eigenvalue weighted by molar-refractivity contribution is 1.17. The van der Waals surface area contributed by atoms with Crippen molar-refractivity contribution in [3.05, 3.63) is 328 Å². The van der Waals surface area contributed by atoms with Crippen molar-refractivity contribution >= 4 is 101 Å². The highest BCUT2D eigenvalue weighted by atomic mass is 15.2. The van der Waals surface area contributed by atoms with Crippen LogP contribution < -0.4 is 26.2 Å². The summed E-state index contributed by atoms with van der Waals surface area (Å²) in [4.78, 5) is 10.2. The summed E-state index contributed by atoms with van der Waals surface area (Å²) in [5.41, 5.74) is 28.3. The van der Waals surface area contributed by atoms with Gasteiger partial charge in [0.1, 0.15) is 0 Å². The molecule has 0 aliphatic carbocycles. The summed E-state index contributed by atoms with van der Waals surface area (Å²) in [6.07, 6.45) is 4.12. The van der Waals surface area contributed by atoms with Crippen LogP contribution in [0.25, 0.3) is 111 Å². The van der Waals surface area contributed by atoms with Gasteiger partial charge in [0.15, 0.2) is 0 Å². The Labute approximate surface area is 516 Å². The average molecular weight is 1130 g/mol. The van der Waals surface area contributed by atoms with Crippen molar-refractivity contribution in [1.82, 2.24) is 14.1 Å². The highest BCUT2D eigenvalue weighted by Gasteiger charge is 2.44. The van der Waals surface area contributed by atoms with Gasteiger partial charge in [0, 0.05) is 96.1 Å². The van der Waals surface area contributed by atoms with Gasteiger partial charge in [-0.05, 0) is 140 Å². The number of fused-ring (bicyclic) bond motifs is 10. The molecule has 0 atom stereocenters. The molecule has 0 radical (unpaired) electrons. The van der Waals surface area contributed by atoms with Crippen LogP contribution in [0.5, 0.6) is 0 Å². The van der Waals surface area contributed by atoms with Gasteiger partial charge in [0.25, 0.3) is 6.71 Å². The first kappa shape index (κ1) is 50.6. The summed E-state index contributed by atoms with van der Waals surface area (Å²) < 4.78 is 4.92. The van der Waals surface area contributed by atoms with Crippen LogP contribution in [0.3, 0.4) is 0 Å². The zero-order valence-corrected chi connectivity index (χ0v) is 48.5. The van der Waals surface area contributed by atoms with Crippen molar-refractivity contribution < 1.29 is 0 Å². The summed E-state index contributed by atoms with van der Waals surface area (Å²) >= 11 is 0. The number of hydrogen-bond acceptors (Lipinski definition) is 3. The average Bonchev–Trinajstić information content (AvgIpc) is 1.21. The van der Waals surface area contributed by atoms with Crippen LogP contribution in [0, 0.1) is 0 Å². The summed E-state index contributed by atoms with van der Waals surface area (Å²) in [6.45, 7) is -0.183. The van der Waals surface area contributed by atoms with Crippen molar-refractivity contribution in [2.75, 3.05) is 9.80 Å². The molecule has 5 heterocycles. The molecule has 2 aliphatic heterocycles. The first-order chi connectivity index (χ1) is 44.2. The number of aromatic nitrogens is 3. The Balaban J connectivity index is 0.973. The van der Waals surface area contributed by atoms with Crippen molar-refractivity contribution in [2.45, 2.75) is 0 Å². The zero-order valence-electron chi connectivity index (χ0n) is 48.5. The van der Waals surface area contributed by atoms with Crippen LogP contribution in [0.15, 0.2) is 328 Å². The quantitative estimate of drug-likeness (QED) is 0.135. The van der Waals surface area contributed by atoms with Gasteiger partial charge in [-0.1, -0.05) is 231 Å². The van der Waals surface area contributed by atoms with Gasteiger partial charge >= 0.3 is 0 Å². The molecular weight excluding hydrogens is 1080 g/mol. The van der Waals surface area contributed by atoms with Gasteiger partial charge in [-0.25, -0.2) is 0 Å². The maximum Gasteiger partial charge on any atom is 0.252 e. The highest BCUT2D eigenvalue weighted by molar-refractivity contribution is 7.00. The van der Waals surface area contributed by atoms with E-state index in [1.807, 2.05) is 0 Å². The van der Waals surface area contributed by atoms with Crippen molar-refractivity contribution in [3.8, 4) is 67.0 Å². The van der Waals surface area contributed by atoms with E-state index in [4.69, 9.17) is 4.98 Å². The summed E-state index contributed by atoms with van der Waals surface area (Å²) in [5.74, 6) is 0. The number of hydrogen-bond donors (Lipinski definition) is 0. The summed E-state index contributed by atoms with van der Waals surface area (Å²) in [5, 5.41) is 4.91. The van der Waals surface area contributed by atoms with Crippen molar-refractivity contribution in [1.29, 1.82) is 0 Å². The van der Waals surface area contributed by atoms with Gasteiger partial charge in [0.05, 0.1) is 22.1 Å². The van der Waals surface area contributed by atoms with Crippen LogP contribution in [0.4, 0.5) is 34.1 Å². The molecule has 5 nitrogen and oxygen atoms in total. The molecule has 0 N–H and O–H groups in total. The maximum atomic E-state index is 5.06. The minimum Gasteiger partial charge on any atom is -0.311 e. The fourth-order valence-electron chi connectivity index (χ4n) is 14.7. The first-order valence-corrected chi connectivity index (χ1v) is 30.6. The molecule has 0 saturated heterocycles. The third-order valence-electron chi connectivity index (χ3n) is 18.6. The van der Waals surface area contributed by atoms with Crippen molar-refractivity contribution in [3.63, 3.8) is 0 Å². The predicted octanol–water partition coefficient (Wildman–Crippen LogP) is 19.7. The molecule has 6 heteroatoms. The predicted molar refractivity (Wildman–Crippen MR) is 374 cm³/mol. The van der Waals surface area contributed by atoms with Gasteiger partial charge in [-0.2, -0.15) is 0 Å². The first-order valence-electron chi connectivity index (χ1n) is 30.6. The zero-order chi connectivity index (χ0) is 58.5. The second-order valence-electron chi connectivity index (χ2n) is 23.4. The second-order valence-corrected chi connectivity index (χ2v) is 23.4. The molecule has 0 spiro atoms. The van der Waals surface area contributed by atoms with E-state index >= 15 is 0 Å². The Morgan fingerprint density at radius 2 is 0.562 bits per heavy atom. The number of pyridine rings is 1. The minimum absolute atomic E-state index is 0.183. The fraction of sp³-hybridized carbons (Fsp3) is 0. The van der Waals surface area contributed by atoms with E-state index in [0.29, 0.717) is 0 Å². The lowest BCUT2D eigenvalue weighted by atomic mass is 9.33. The molecular formula is C83H54BN5. The third kappa shape index (κ3) is 8.08. The number of anilines is 6. The number of benzene rings is 13. The van der Waals surface area contributed by atoms with E-state index in [2.05, 4.69) is 347 Å². The van der Waals surface area contributed by atoms with E-state index in [0.717, 1.165) is 90.0 Å². The van der Waals surface area contributed by atoms with Crippen LogP contribution in [0.2, 0.25) is 0 Å². The minimum atomic E-state index is -0.183. The molecule has 3 aromatic heterocycles. The van der Waals surface area contributed by atoms with Crippen LogP contribution in [-0.2, 0) is 0 Å². The smallest absolute Gasteiger partial charge is 0.252 e. The number of para-hydroxylation sites is 4. The lowest BCUT2D eigenvalue weighted by Gasteiger charge is -2.45. The molecule has 0 unspecified atom stereocenters. The SMILES string of the molecule is c1ccc(-c2ccc(N3c4cc(-n5c6ccccc6c6ccccc65)ccc4B4c5ccc(-n6c7ccccc7c7ccccc76)cc5N(c5ccc(-c6ccccc6)cc5)c5cc(-c6c(-c7ccccc7)cncc6-c6ccccc6)cc3c54)cc2)cc1. The molecule has 2 aliphatic rings. The Kier molecular flexibility index (Phi) is 11.6.